The second kappa shape index (κ2) is 5.21. The lowest BCUT2D eigenvalue weighted by Gasteiger charge is -2.37. The molecule has 2 aliphatic rings. The van der Waals surface area contributed by atoms with Gasteiger partial charge < -0.3 is 9.64 Å². The van der Waals surface area contributed by atoms with E-state index in [0.29, 0.717) is 6.04 Å². The predicted octanol–water partition coefficient (Wildman–Crippen LogP) is 2.06. The van der Waals surface area contributed by atoms with Crippen molar-refractivity contribution >= 4 is 6.09 Å². The molecule has 4 nitrogen and oxygen atoms in total. The van der Waals surface area contributed by atoms with E-state index >= 15 is 0 Å². The first-order valence-electron chi connectivity index (χ1n) is 6.94. The summed E-state index contributed by atoms with van der Waals surface area (Å²) in [5.74, 6) is 0. The van der Waals surface area contributed by atoms with Gasteiger partial charge in [-0.05, 0) is 24.0 Å². The Morgan fingerprint density at radius 2 is 1.95 bits per heavy atom. The summed E-state index contributed by atoms with van der Waals surface area (Å²) >= 11 is 0. The molecule has 1 fully saturated rings. The molecule has 1 aliphatic heterocycles. The number of nitrogens with zero attached hydrogens (tertiary/aromatic N) is 2. The summed E-state index contributed by atoms with van der Waals surface area (Å²) in [6.07, 6.45) is 2.18. The largest absolute Gasteiger partial charge is 0.453 e. The second-order valence-electron chi connectivity index (χ2n) is 5.25. The molecule has 4 heteroatoms. The summed E-state index contributed by atoms with van der Waals surface area (Å²) in [6, 6.07) is 9.27. The van der Waals surface area contributed by atoms with E-state index in [9.17, 15) is 4.79 Å². The van der Waals surface area contributed by atoms with E-state index in [0.717, 1.165) is 26.2 Å². The molecule has 1 unspecified atom stereocenters. The van der Waals surface area contributed by atoms with Gasteiger partial charge >= 0.3 is 6.09 Å². The molecule has 0 spiro atoms. The van der Waals surface area contributed by atoms with Gasteiger partial charge in [0.25, 0.3) is 0 Å². The Kier molecular flexibility index (Phi) is 3.42. The molecule has 0 N–H and O–H groups in total. The Balaban J connectivity index is 1.65. The zero-order valence-electron chi connectivity index (χ0n) is 11.3. The van der Waals surface area contributed by atoms with Crippen LogP contribution in [-0.4, -0.2) is 49.2 Å². The van der Waals surface area contributed by atoms with E-state index in [1.165, 1.54) is 31.1 Å². The van der Waals surface area contributed by atoms with Crippen molar-refractivity contribution in [2.24, 2.45) is 0 Å². The molecule has 0 saturated carbocycles. The van der Waals surface area contributed by atoms with E-state index in [2.05, 4.69) is 29.2 Å². The molecular weight excluding hydrogens is 240 g/mol. The van der Waals surface area contributed by atoms with Gasteiger partial charge in [0.1, 0.15) is 0 Å². The van der Waals surface area contributed by atoms with E-state index in [-0.39, 0.29) is 6.09 Å². The molecule has 0 bridgehead atoms. The average Bonchev–Trinajstić information content (AvgIpc) is 2.90. The Labute approximate surface area is 113 Å². The maximum Gasteiger partial charge on any atom is 0.409 e. The first kappa shape index (κ1) is 12.5. The second-order valence-corrected chi connectivity index (χ2v) is 5.25. The third-order valence-corrected chi connectivity index (χ3v) is 4.29. The third kappa shape index (κ3) is 2.32. The number of carbonyl (C=O) groups is 1. The van der Waals surface area contributed by atoms with Crippen molar-refractivity contribution in [3.63, 3.8) is 0 Å². The summed E-state index contributed by atoms with van der Waals surface area (Å²) < 4.78 is 4.78. The zero-order valence-corrected chi connectivity index (χ0v) is 11.3. The van der Waals surface area contributed by atoms with Crippen molar-refractivity contribution in [3.8, 4) is 0 Å². The first-order chi connectivity index (χ1) is 9.29. The number of aryl methyl sites for hydroxylation is 1. The van der Waals surface area contributed by atoms with Crippen LogP contribution in [0.2, 0.25) is 0 Å². The fourth-order valence-electron chi connectivity index (χ4n) is 3.26. The van der Waals surface area contributed by atoms with Gasteiger partial charge in [0, 0.05) is 32.2 Å². The number of methoxy groups -OCH3 is 1. The van der Waals surface area contributed by atoms with Gasteiger partial charge in [0.2, 0.25) is 0 Å². The van der Waals surface area contributed by atoms with Gasteiger partial charge in [-0.3, -0.25) is 4.90 Å². The first-order valence-corrected chi connectivity index (χ1v) is 6.94. The normalized spacial score (nSPS) is 23.2. The molecule has 1 aliphatic carbocycles. The summed E-state index contributed by atoms with van der Waals surface area (Å²) in [4.78, 5) is 15.8. The van der Waals surface area contributed by atoms with Crippen LogP contribution in [0, 0.1) is 0 Å². The highest BCUT2D eigenvalue weighted by Gasteiger charge is 2.31. The maximum atomic E-state index is 11.5. The van der Waals surface area contributed by atoms with Crippen LogP contribution < -0.4 is 0 Å². The fraction of sp³-hybridized carbons (Fsp3) is 0.533. The van der Waals surface area contributed by atoms with Crippen molar-refractivity contribution in [1.82, 2.24) is 9.80 Å². The molecule has 1 amide bonds. The van der Waals surface area contributed by atoms with E-state index < -0.39 is 0 Å². The molecule has 1 saturated heterocycles. The molecule has 1 heterocycles. The lowest BCUT2D eigenvalue weighted by molar-refractivity contribution is 0.0746. The van der Waals surface area contributed by atoms with Crippen LogP contribution >= 0.6 is 0 Å². The number of carbonyl (C=O) groups excluding carboxylic acids is 1. The smallest absolute Gasteiger partial charge is 0.409 e. The standard InChI is InChI=1S/C15H20N2O2/c1-19-15(18)17-10-8-16(9-11-17)14-7-6-12-4-2-3-5-13(12)14/h2-5,14H,6-11H2,1H3. The van der Waals surface area contributed by atoms with Crippen LogP contribution in [-0.2, 0) is 11.2 Å². The molecule has 3 rings (SSSR count). The third-order valence-electron chi connectivity index (χ3n) is 4.29. The summed E-state index contributed by atoms with van der Waals surface area (Å²) in [7, 11) is 1.45. The number of rotatable bonds is 1. The minimum atomic E-state index is -0.202. The molecule has 19 heavy (non-hydrogen) atoms. The Bertz CT molecular complexity index is 467. The predicted molar refractivity (Wildman–Crippen MR) is 73.1 cm³/mol. The van der Waals surface area contributed by atoms with Gasteiger partial charge in [-0.2, -0.15) is 0 Å². The highest BCUT2D eigenvalue weighted by molar-refractivity contribution is 5.67. The minimum absolute atomic E-state index is 0.202. The van der Waals surface area contributed by atoms with Crippen LogP contribution in [0.15, 0.2) is 24.3 Å². The van der Waals surface area contributed by atoms with Crippen molar-refractivity contribution in [3.05, 3.63) is 35.4 Å². The molecular formula is C15H20N2O2. The van der Waals surface area contributed by atoms with E-state index in [1.807, 2.05) is 0 Å². The molecule has 1 aromatic rings. The molecule has 1 atom stereocenters. The number of fused-ring (bicyclic) bond motifs is 1. The quantitative estimate of drug-likeness (QED) is 0.775. The number of benzene rings is 1. The summed E-state index contributed by atoms with van der Waals surface area (Å²) in [5.41, 5.74) is 2.97. The Morgan fingerprint density at radius 3 is 2.68 bits per heavy atom. The van der Waals surface area contributed by atoms with E-state index in [1.54, 1.807) is 4.90 Å². The van der Waals surface area contributed by atoms with Crippen molar-refractivity contribution in [2.45, 2.75) is 18.9 Å². The van der Waals surface area contributed by atoms with Crippen LogP contribution in [0.25, 0.3) is 0 Å². The average molecular weight is 260 g/mol. The SMILES string of the molecule is COC(=O)N1CCN(C2CCc3ccccc32)CC1. The Morgan fingerprint density at radius 1 is 1.21 bits per heavy atom. The number of hydrogen-bond acceptors (Lipinski definition) is 3. The van der Waals surface area contributed by atoms with Crippen molar-refractivity contribution in [1.29, 1.82) is 0 Å². The zero-order chi connectivity index (χ0) is 13.2. The van der Waals surface area contributed by atoms with Gasteiger partial charge in [-0.1, -0.05) is 24.3 Å². The summed E-state index contributed by atoms with van der Waals surface area (Å²) in [6.45, 7) is 3.42. The van der Waals surface area contributed by atoms with Crippen LogP contribution in [0.4, 0.5) is 4.79 Å². The van der Waals surface area contributed by atoms with Crippen LogP contribution in [0.1, 0.15) is 23.6 Å². The topological polar surface area (TPSA) is 32.8 Å². The minimum Gasteiger partial charge on any atom is -0.453 e. The van der Waals surface area contributed by atoms with Gasteiger partial charge in [-0.25, -0.2) is 4.79 Å². The summed E-state index contributed by atoms with van der Waals surface area (Å²) in [5, 5.41) is 0. The van der Waals surface area contributed by atoms with Crippen LogP contribution in [0.5, 0.6) is 0 Å². The maximum absolute atomic E-state index is 11.5. The number of hydrogen-bond donors (Lipinski definition) is 0. The lowest BCUT2D eigenvalue weighted by Crippen LogP contribution is -2.49. The van der Waals surface area contributed by atoms with Gasteiger partial charge in [-0.15, -0.1) is 0 Å². The monoisotopic (exact) mass is 260 g/mol. The number of ether oxygens (including phenoxy) is 1. The van der Waals surface area contributed by atoms with Gasteiger partial charge in [0.15, 0.2) is 0 Å². The number of amides is 1. The fourth-order valence-corrected chi connectivity index (χ4v) is 3.26. The molecule has 0 aromatic heterocycles. The van der Waals surface area contributed by atoms with E-state index in [4.69, 9.17) is 4.74 Å². The molecule has 0 radical (unpaired) electrons. The molecule has 1 aromatic carbocycles. The highest BCUT2D eigenvalue weighted by atomic mass is 16.5. The van der Waals surface area contributed by atoms with Crippen LogP contribution in [0.3, 0.4) is 0 Å². The van der Waals surface area contributed by atoms with Crippen molar-refractivity contribution < 1.29 is 9.53 Å². The van der Waals surface area contributed by atoms with Gasteiger partial charge in [0.05, 0.1) is 7.11 Å². The van der Waals surface area contributed by atoms with Crippen molar-refractivity contribution in [2.75, 3.05) is 33.3 Å². The molecule has 102 valence electrons. The highest BCUT2D eigenvalue weighted by Crippen LogP contribution is 2.35. The number of piperazine rings is 1. The Hall–Kier alpha value is -1.55. The lowest BCUT2D eigenvalue weighted by atomic mass is 10.1.